The van der Waals surface area contributed by atoms with Gasteiger partial charge in [-0.15, -0.1) is 45.6 Å². The highest BCUT2D eigenvalue weighted by molar-refractivity contribution is 7.23. The first-order valence-corrected chi connectivity index (χ1v) is 23.2. The SMILES string of the molecule is C#Cc1ccc(C(=O)c2c(-c3ccc(F)cc3)sc3cc(OC(=O)C4(CO[N+](=O)[O-])CC4)ccc23)cc1.C#Cc1ccc(C(=O)c2c(-c3ccc(F)cc3)sc3cc(OCC4([CH2])CC4)ccc23)cc1. The van der Waals surface area contributed by atoms with Crippen LogP contribution in [0.1, 0.15) is 68.7 Å². The Morgan fingerprint density at radius 3 is 1.51 bits per heavy atom. The van der Waals surface area contributed by atoms with Gasteiger partial charge >= 0.3 is 5.97 Å². The van der Waals surface area contributed by atoms with E-state index < -0.39 is 22.3 Å². The van der Waals surface area contributed by atoms with Crippen LogP contribution in [0.15, 0.2) is 133 Å². The molecule has 2 aromatic heterocycles. The number of hydrogen-bond donors (Lipinski definition) is 0. The summed E-state index contributed by atoms with van der Waals surface area (Å²) in [7, 11) is 0. The summed E-state index contributed by atoms with van der Waals surface area (Å²) in [4.78, 5) is 56.3. The summed E-state index contributed by atoms with van der Waals surface area (Å²) < 4.78 is 40.3. The molecule has 13 heteroatoms. The van der Waals surface area contributed by atoms with Gasteiger partial charge in [0.25, 0.3) is 5.09 Å². The number of ketones is 2. The number of thiophene rings is 2. The second kappa shape index (κ2) is 19.0. The number of terminal acetylenes is 2. The van der Waals surface area contributed by atoms with Gasteiger partial charge in [0.15, 0.2) is 11.6 Å². The molecule has 1 radical (unpaired) electrons. The monoisotopic (exact) mass is 954 g/mol. The third-order valence-electron chi connectivity index (χ3n) is 12.1. The Morgan fingerprint density at radius 2 is 1.09 bits per heavy atom. The van der Waals surface area contributed by atoms with E-state index in [1.54, 1.807) is 91.0 Å². The number of hydrogen-bond acceptors (Lipinski definition) is 10. The highest BCUT2D eigenvalue weighted by Crippen LogP contribution is 2.48. The maximum absolute atomic E-state index is 13.6. The molecular formula is C56H38F2NO8S2. The van der Waals surface area contributed by atoms with Crippen LogP contribution in [-0.2, 0) is 9.63 Å². The van der Waals surface area contributed by atoms with Gasteiger partial charge < -0.3 is 14.3 Å². The van der Waals surface area contributed by atoms with Crippen molar-refractivity contribution in [2.24, 2.45) is 10.8 Å². The second-order valence-corrected chi connectivity index (χ2v) is 19.1. The molecule has 0 amide bonds. The number of fused-ring (bicyclic) bond motifs is 2. The van der Waals surface area contributed by atoms with Crippen LogP contribution in [0.5, 0.6) is 11.5 Å². The summed E-state index contributed by atoms with van der Waals surface area (Å²) in [5.74, 6) is 4.46. The average molecular weight is 955 g/mol. The molecule has 6 aromatic carbocycles. The minimum Gasteiger partial charge on any atom is -0.493 e. The largest absolute Gasteiger partial charge is 0.493 e. The minimum absolute atomic E-state index is 0.0371. The van der Waals surface area contributed by atoms with Crippen LogP contribution >= 0.6 is 22.7 Å². The first-order chi connectivity index (χ1) is 33.2. The molecule has 0 N–H and O–H groups in total. The van der Waals surface area contributed by atoms with Gasteiger partial charge in [-0.1, -0.05) is 36.1 Å². The molecule has 0 aliphatic heterocycles. The molecule has 2 saturated carbocycles. The normalized spacial score (nSPS) is 13.8. The lowest BCUT2D eigenvalue weighted by molar-refractivity contribution is -0.759. The topological polar surface area (TPSA) is 122 Å². The maximum Gasteiger partial charge on any atom is 0.319 e. The van der Waals surface area contributed by atoms with Crippen LogP contribution in [0.25, 0.3) is 41.1 Å². The lowest BCUT2D eigenvalue weighted by Gasteiger charge is -2.13. The Hall–Kier alpha value is -7.97. The maximum atomic E-state index is 13.6. The smallest absolute Gasteiger partial charge is 0.319 e. The zero-order valence-electron chi connectivity index (χ0n) is 36.6. The molecule has 2 heterocycles. The molecular weight excluding hydrogens is 917 g/mol. The first kappa shape index (κ1) is 46.2. The Morgan fingerprint density at radius 1 is 0.638 bits per heavy atom. The molecule has 10 rings (SSSR count). The average Bonchev–Trinajstić information content (AvgIpc) is 4.25. The van der Waals surface area contributed by atoms with Gasteiger partial charge in [-0.2, -0.15) is 0 Å². The van der Waals surface area contributed by atoms with Crippen molar-refractivity contribution in [3.05, 3.63) is 196 Å². The second-order valence-electron chi connectivity index (χ2n) is 17.0. The summed E-state index contributed by atoms with van der Waals surface area (Å²) in [6.07, 6.45) is 13.9. The number of rotatable bonds is 14. The summed E-state index contributed by atoms with van der Waals surface area (Å²) >= 11 is 2.82. The molecule has 2 fully saturated rings. The Bertz CT molecular complexity index is 3390. The van der Waals surface area contributed by atoms with Crippen molar-refractivity contribution < 1.29 is 42.6 Å². The van der Waals surface area contributed by atoms with Crippen molar-refractivity contribution in [1.29, 1.82) is 0 Å². The number of carbonyl (C=O) groups excluding carboxylic acids is 3. The summed E-state index contributed by atoms with van der Waals surface area (Å²) in [6.45, 7) is 4.41. The zero-order chi connectivity index (χ0) is 48.5. The summed E-state index contributed by atoms with van der Waals surface area (Å²) in [5, 5.41) is 11.1. The minimum atomic E-state index is -1.03. The van der Waals surface area contributed by atoms with Gasteiger partial charge in [-0.3, -0.25) is 14.4 Å². The third-order valence-corrected chi connectivity index (χ3v) is 14.5. The van der Waals surface area contributed by atoms with Crippen molar-refractivity contribution in [2.45, 2.75) is 25.7 Å². The molecule has 2 aliphatic rings. The van der Waals surface area contributed by atoms with Crippen LogP contribution in [0, 0.1) is 64.2 Å². The number of ether oxygens (including phenoxy) is 2. The molecule has 8 aromatic rings. The Kier molecular flexibility index (Phi) is 12.7. The number of benzene rings is 6. The van der Waals surface area contributed by atoms with Crippen LogP contribution < -0.4 is 9.47 Å². The number of halogens is 2. The van der Waals surface area contributed by atoms with E-state index in [2.05, 4.69) is 23.6 Å². The number of carbonyl (C=O) groups is 3. The fraction of sp³-hybridized carbons (Fsp3) is 0.143. The van der Waals surface area contributed by atoms with Crippen molar-refractivity contribution in [2.75, 3.05) is 13.2 Å². The van der Waals surface area contributed by atoms with Crippen molar-refractivity contribution >= 4 is 60.4 Å². The Labute approximate surface area is 403 Å². The van der Waals surface area contributed by atoms with E-state index in [1.807, 2.05) is 18.2 Å². The molecule has 0 atom stereocenters. The van der Waals surface area contributed by atoms with Crippen molar-refractivity contribution in [3.8, 4) is 57.1 Å². The molecule has 2 aliphatic carbocycles. The van der Waals surface area contributed by atoms with Gasteiger partial charge in [-0.05, 0) is 153 Å². The molecule has 0 saturated heterocycles. The Balaban J connectivity index is 0.000000174. The number of nitrogens with zero attached hydrogens (tertiary/aromatic N) is 1. The molecule has 0 spiro atoms. The summed E-state index contributed by atoms with van der Waals surface area (Å²) in [6, 6.07) is 36.5. The predicted molar refractivity (Wildman–Crippen MR) is 263 cm³/mol. The van der Waals surface area contributed by atoms with Gasteiger partial charge in [0, 0.05) is 68.7 Å². The highest BCUT2D eigenvalue weighted by atomic mass is 32.1. The van der Waals surface area contributed by atoms with E-state index in [9.17, 15) is 33.3 Å². The zero-order valence-corrected chi connectivity index (χ0v) is 38.2. The van der Waals surface area contributed by atoms with Gasteiger partial charge in [0.1, 0.15) is 29.7 Å². The van der Waals surface area contributed by atoms with Crippen LogP contribution in [0.2, 0.25) is 0 Å². The van der Waals surface area contributed by atoms with E-state index >= 15 is 0 Å². The first-order valence-electron chi connectivity index (χ1n) is 21.6. The van der Waals surface area contributed by atoms with E-state index in [1.165, 1.54) is 46.9 Å². The van der Waals surface area contributed by atoms with Crippen LogP contribution in [-0.4, -0.2) is 35.8 Å². The summed E-state index contributed by atoms with van der Waals surface area (Å²) in [5.41, 5.74) is 3.89. The highest BCUT2D eigenvalue weighted by Gasteiger charge is 2.52. The van der Waals surface area contributed by atoms with Gasteiger partial charge in [0.2, 0.25) is 0 Å². The molecule has 69 heavy (non-hydrogen) atoms. The van der Waals surface area contributed by atoms with Crippen molar-refractivity contribution in [1.82, 2.24) is 0 Å². The third kappa shape index (κ3) is 10.0. The number of esters is 1. The fourth-order valence-electron chi connectivity index (χ4n) is 7.60. The standard InChI is InChI=1S/C28H18FNO6S.C28H20FO2S/c1-2-17-3-5-18(6-4-17)25(31)24-22-12-11-21(36-27(32)28(13-14-28)16-35-30(33)34)15-23(22)37-26(24)19-7-9-20(29)10-8-19;1-3-18-4-6-19(7-5-18)26(30)25-23-13-12-22(31-17-28(2)14-15-28)16-24(23)32-27(25)20-8-10-21(29)11-9-20/h1,3-12,15H,13-14,16H2;1,4-13,16H,2,14-15,17H2. The van der Waals surface area contributed by atoms with E-state index in [0.717, 1.165) is 44.7 Å². The van der Waals surface area contributed by atoms with E-state index in [4.69, 9.17) is 22.3 Å². The molecule has 341 valence electrons. The van der Waals surface area contributed by atoms with Crippen LogP contribution in [0.4, 0.5) is 8.78 Å². The fourth-order valence-corrected chi connectivity index (χ4v) is 10.1. The van der Waals surface area contributed by atoms with Crippen molar-refractivity contribution in [3.63, 3.8) is 0 Å². The molecule has 0 unspecified atom stereocenters. The molecule has 9 nitrogen and oxygen atoms in total. The lowest BCUT2D eigenvalue weighted by atomic mass is 9.97. The van der Waals surface area contributed by atoms with Crippen LogP contribution in [0.3, 0.4) is 0 Å². The van der Waals surface area contributed by atoms with Gasteiger partial charge in [0.05, 0.1) is 12.0 Å². The molecule has 0 bridgehead atoms. The van der Waals surface area contributed by atoms with E-state index in [0.29, 0.717) is 67.8 Å². The predicted octanol–water partition coefficient (Wildman–Crippen LogP) is 12.7. The quantitative estimate of drug-likeness (QED) is 0.0264. The lowest BCUT2D eigenvalue weighted by Crippen LogP contribution is -2.27. The van der Waals surface area contributed by atoms with E-state index in [-0.39, 0.29) is 35.2 Å². The van der Waals surface area contributed by atoms with Gasteiger partial charge in [-0.25, -0.2) is 8.78 Å².